The molecule has 25 heavy (non-hydrogen) atoms. The van der Waals surface area contributed by atoms with Crippen LogP contribution in [0.1, 0.15) is 0 Å². The van der Waals surface area contributed by atoms with Crippen LogP contribution in [0.4, 0.5) is 16.4 Å². The Morgan fingerprint density at radius 1 is 1.28 bits per heavy atom. The lowest BCUT2D eigenvalue weighted by atomic mass is 10.3. The molecule has 1 amide bonds. The molecule has 0 radical (unpaired) electrons. The first kappa shape index (κ1) is 16.7. The quantitative estimate of drug-likeness (QED) is 0.417. The molecule has 10 heteroatoms. The Hall–Kier alpha value is -3.11. The van der Waals surface area contributed by atoms with Gasteiger partial charge in [0.05, 0.1) is 29.1 Å². The summed E-state index contributed by atoms with van der Waals surface area (Å²) < 4.78 is 17.1. The molecule has 0 fully saturated rings. The Bertz CT molecular complexity index is 958. The standard InChI is InChI=1S/C15H12N4O5S/c1-24-15(20)18-14-16-12-6-5-11(8-13(12)17-14)25(23)10-4-2-3-9(7-10)19(21)22/h2-8H,1H3,(H2,16,17,18,20). The van der Waals surface area contributed by atoms with E-state index in [2.05, 4.69) is 20.0 Å². The van der Waals surface area contributed by atoms with Crippen LogP contribution in [-0.4, -0.2) is 32.6 Å². The van der Waals surface area contributed by atoms with Crippen molar-refractivity contribution in [2.45, 2.75) is 9.79 Å². The van der Waals surface area contributed by atoms with Gasteiger partial charge < -0.3 is 14.3 Å². The van der Waals surface area contributed by atoms with Gasteiger partial charge in [-0.05, 0) is 18.2 Å². The Morgan fingerprint density at radius 2 is 2.04 bits per heavy atom. The minimum absolute atomic E-state index is 0.128. The highest BCUT2D eigenvalue weighted by Crippen LogP contribution is 2.26. The molecule has 0 aliphatic carbocycles. The number of nitro benzene ring substituents is 1. The second-order valence-corrected chi connectivity index (χ2v) is 6.38. The van der Waals surface area contributed by atoms with Gasteiger partial charge in [-0.15, -0.1) is 0 Å². The zero-order chi connectivity index (χ0) is 18.0. The second-order valence-electron chi connectivity index (χ2n) is 4.90. The van der Waals surface area contributed by atoms with Crippen molar-refractivity contribution in [3.05, 3.63) is 52.6 Å². The largest absolute Gasteiger partial charge is 0.606 e. The molecular formula is C15H12N4O5S. The van der Waals surface area contributed by atoms with Crippen molar-refractivity contribution in [2.75, 3.05) is 12.4 Å². The number of ether oxygens (including phenoxy) is 1. The number of nitrogens with one attached hydrogen (secondary N) is 2. The van der Waals surface area contributed by atoms with Gasteiger partial charge in [-0.2, -0.15) is 0 Å². The van der Waals surface area contributed by atoms with Crippen LogP contribution >= 0.6 is 0 Å². The second kappa shape index (κ2) is 6.79. The number of anilines is 1. The Labute approximate surface area is 144 Å². The average molecular weight is 360 g/mol. The van der Waals surface area contributed by atoms with Crippen LogP contribution in [-0.2, 0) is 15.9 Å². The van der Waals surface area contributed by atoms with E-state index in [0.717, 1.165) is 0 Å². The van der Waals surface area contributed by atoms with Crippen LogP contribution in [0.5, 0.6) is 0 Å². The molecule has 1 atom stereocenters. The molecule has 128 valence electrons. The van der Waals surface area contributed by atoms with E-state index in [9.17, 15) is 19.5 Å². The number of hydrogen-bond donors (Lipinski definition) is 2. The van der Waals surface area contributed by atoms with E-state index in [1.54, 1.807) is 24.3 Å². The maximum Gasteiger partial charge on any atom is 0.413 e. The number of carbonyl (C=O) groups excluding carboxylic acids is 1. The summed E-state index contributed by atoms with van der Waals surface area (Å²) in [5, 5.41) is 13.3. The monoisotopic (exact) mass is 360 g/mol. The van der Waals surface area contributed by atoms with Crippen molar-refractivity contribution in [1.29, 1.82) is 0 Å². The van der Waals surface area contributed by atoms with E-state index in [1.807, 2.05) is 0 Å². The van der Waals surface area contributed by atoms with Crippen molar-refractivity contribution < 1.29 is 19.0 Å². The van der Waals surface area contributed by atoms with Gasteiger partial charge in [-0.1, -0.05) is 6.07 Å². The fourth-order valence-electron chi connectivity index (χ4n) is 2.16. The number of nitro groups is 1. The number of nitrogens with zero attached hydrogens (tertiary/aromatic N) is 2. The number of rotatable bonds is 4. The lowest BCUT2D eigenvalue weighted by Gasteiger charge is -2.09. The first-order valence-corrected chi connectivity index (χ1v) is 8.14. The van der Waals surface area contributed by atoms with E-state index in [1.165, 1.54) is 25.3 Å². The topological polar surface area (TPSA) is 133 Å². The zero-order valence-electron chi connectivity index (χ0n) is 12.9. The van der Waals surface area contributed by atoms with E-state index in [-0.39, 0.29) is 11.6 Å². The van der Waals surface area contributed by atoms with Gasteiger partial charge in [0, 0.05) is 23.3 Å². The highest BCUT2D eigenvalue weighted by Gasteiger charge is 2.19. The summed E-state index contributed by atoms with van der Waals surface area (Å²) in [4.78, 5) is 29.3. The summed E-state index contributed by atoms with van der Waals surface area (Å²) in [7, 11) is 1.23. The number of hydrogen-bond acceptors (Lipinski definition) is 6. The Morgan fingerprint density at radius 3 is 2.76 bits per heavy atom. The number of imidazole rings is 1. The van der Waals surface area contributed by atoms with Crippen LogP contribution < -0.4 is 5.32 Å². The van der Waals surface area contributed by atoms with Gasteiger partial charge in [-0.3, -0.25) is 15.4 Å². The first-order valence-electron chi connectivity index (χ1n) is 6.99. The third-order valence-electron chi connectivity index (χ3n) is 3.32. The molecule has 3 rings (SSSR count). The van der Waals surface area contributed by atoms with E-state index < -0.39 is 22.2 Å². The van der Waals surface area contributed by atoms with Gasteiger partial charge in [0.25, 0.3) is 5.69 Å². The van der Waals surface area contributed by atoms with Gasteiger partial charge in [-0.25, -0.2) is 9.78 Å². The molecule has 0 aliphatic rings. The van der Waals surface area contributed by atoms with Crippen LogP contribution in [0.3, 0.4) is 0 Å². The smallest absolute Gasteiger partial charge is 0.413 e. The molecule has 0 saturated heterocycles. The molecule has 9 nitrogen and oxygen atoms in total. The molecule has 0 bridgehead atoms. The SMILES string of the molecule is COC(=O)Nc1nc2cc([S+]([O-])c3cccc([N+](=O)[O-])c3)ccc2[nH]1. The molecule has 2 N–H and O–H groups in total. The van der Waals surface area contributed by atoms with Gasteiger partial charge in [0.1, 0.15) is 0 Å². The molecule has 0 spiro atoms. The van der Waals surface area contributed by atoms with Crippen LogP contribution in [0.15, 0.2) is 52.3 Å². The zero-order valence-corrected chi connectivity index (χ0v) is 13.7. The minimum Gasteiger partial charge on any atom is -0.606 e. The molecule has 0 aliphatic heterocycles. The Kier molecular flexibility index (Phi) is 4.55. The number of H-pyrrole nitrogens is 1. The molecule has 0 saturated carbocycles. The van der Waals surface area contributed by atoms with Crippen molar-refractivity contribution in [3.63, 3.8) is 0 Å². The maximum absolute atomic E-state index is 12.7. The molecule has 1 aromatic heterocycles. The van der Waals surface area contributed by atoms with E-state index in [0.29, 0.717) is 20.8 Å². The molecule has 1 unspecified atom stereocenters. The number of fused-ring (bicyclic) bond motifs is 1. The normalized spacial score (nSPS) is 11.9. The van der Waals surface area contributed by atoms with Crippen LogP contribution in [0.2, 0.25) is 0 Å². The van der Waals surface area contributed by atoms with Crippen molar-refractivity contribution in [3.8, 4) is 0 Å². The number of benzene rings is 2. The highest BCUT2D eigenvalue weighted by atomic mass is 32.2. The number of carbonyl (C=O) groups is 1. The number of aromatic amines is 1. The third-order valence-corrected chi connectivity index (χ3v) is 4.68. The maximum atomic E-state index is 12.7. The number of amides is 1. The summed E-state index contributed by atoms with van der Waals surface area (Å²) in [6.07, 6.45) is -0.667. The van der Waals surface area contributed by atoms with Crippen molar-refractivity contribution >= 4 is 39.9 Å². The van der Waals surface area contributed by atoms with Gasteiger partial charge in [0.15, 0.2) is 9.79 Å². The van der Waals surface area contributed by atoms with Crippen molar-refractivity contribution in [2.24, 2.45) is 0 Å². The van der Waals surface area contributed by atoms with E-state index >= 15 is 0 Å². The highest BCUT2D eigenvalue weighted by molar-refractivity contribution is 7.91. The lowest BCUT2D eigenvalue weighted by Crippen LogP contribution is -2.11. The predicted molar refractivity (Wildman–Crippen MR) is 89.9 cm³/mol. The number of methoxy groups -OCH3 is 1. The van der Waals surface area contributed by atoms with E-state index in [4.69, 9.17) is 0 Å². The van der Waals surface area contributed by atoms with Gasteiger partial charge >= 0.3 is 6.09 Å². The molecule has 3 aromatic rings. The summed E-state index contributed by atoms with van der Waals surface area (Å²) >= 11 is -1.60. The summed E-state index contributed by atoms with van der Waals surface area (Å²) in [5.74, 6) is 0.195. The molecule has 1 heterocycles. The average Bonchev–Trinajstić information content (AvgIpc) is 3.02. The number of non-ortho nitro benzene ring substituents is 1. The summed E-state index contributed by atoms with van der Waals surface area (Å²) in [5.41, 5.74) is 0.991. The fraction of sp³-hybridized carbons (Fsp3) is 0.0667. The first-order chi connectivity index (χ1) is 12.0. The lowest BCUT2D eigenvalue weighted by molar-refractivity contribution is -0.385. The van der Waals surface area contributed by atoms with Crippen LogP contribution in [0, 0.1) is 10.1 Å². The van der Waals surface area contributed by atoms with Gasteiger partial charge in [0.2, 0.25) is 5.95 Å². The molecule has 2 aromatic carbocycles. The third kappa shape index (κ3) is 3.54. The molecular weight excluding hydrogens is 348 g/mol. The van der Waals surface area contributed by atoms with Crippen LogP contribution in [0.25, 0.3) is 11.0 Å². The minimum atomic E-state index is -1.60. The summed E-state index contributed by atoms with van der Waals surface area (Å²) in [6.45, 7) is 0. The Balaban J connectivity index is 1.91. The number of aromatic nitrogens is 2. The summed E-state index contributed by atoms with van der Waals surface area (Å²) in [6, 6.07) is 10.5. The van der Waals surface area contributed by atoms with Crippen molar-refractivity contribution in [1.82, 2.24) is 9.97 Å². The fourth-order valence-corrected chi connectivity index (χ4v) is 3.27. The predicted octanol–water partition coefficient (Wildman–Crippen LogP) is 2.82.